The first-order valence-corrected chi connectivity index (χ1v) is 5.31. The molecule has 0 radical (unpaired) electrons. The van der Waals surface area contributed by atoms with Crippen LogP contribution in [0.5, 0.6) is 0 Å². The molecule has 0 atom stereocenters. The first kappa shape index (κ1) is 10.7. The van der Waals surface area contributed by atoms with Gasteiger partial charge in [0, 0.05) is 6.54 Å². The molecule has 0 spiro atoms. The van der Waals surface area contributed by atoms with Crippen LogP contribution in [-0.2, 0) is 13.0 Å². The van der Waals surface area contributed by atoms with E-state index in [1.807, 2.05) is 4.68 Å². The Balaban J connectivity index is 2.84. The molecule has 74 valence electrons. The van der Waals surface area contributed by atoms with Gasteiger partial charge in [-0.1, -0.05) is 26.0 Å². The molecule has 0 aliphatic carbocycles. The van der Waals surface area contributed by atoms with Gasteiger partial charge in [0.15, 0.2) is 0 Å². The molecule has 1 aromatic rings. The summed E-state index contributed by atoms with van der Waals surface area (Å²) in [5, 5.41) is 8.18. The van der Waals surface area contributed by atoms with Gasteiger partial charge in [-0.15, -0.1) is 5.10 Å². The van der Waals surface area contributed by atoms with Gasteiger partial charge in [-0.05, 0) is 34.7 Å². The summed E-state index contributed by atoms with van der Waals surface area (Å²) >= 11 is 3.50. The second-order valence-corrected chi connectivity index (χ2v) is 5.13. The van der Waals surface area contributed by atoms with Crippen LogP contribution < -0.4 is 0 Å². The Bertz CT molecular complexity index is 286. The Morgan fingerprint density at radius 2 is 2.00 bits per heavy atom. The summed E-state index contributed by atoms with van der Waals surface area (Å²) < 4.78 is 2.88. The van der Waals surface area contributed by atoms with E-state index < -0.39 is 0 Å². The van der Waals surface area contributed by atoms with Crippen molar-refractivity contribution in [2.75, 3.05) is 0 Å². The Labute approximate surface area is 87.6 Å². The summed E-state index contributed by atoms with van der Waals surface area (Å²) in [6.45, 7) is 9.51. The van der Waals surface area contributed by atoms with E-state index in [0.717, 1.165) is 23.3 Å². The van der Waals surface area contributed by atoms with E-state index in [4.69, 9.17) is 0 Å². The third-order valence-electron chi connectivity index (χ3n) is 1.74. The van der Waals surface area contributed by atoms with E-state index in [9.17, 15) is 0 Å². The molecule has 13 heavy (non-hydrogen) atoms. The lowest BCUT2D eigenvalue weighted by atomic mass is 9.91. The predicted molar refractivity (Wildman–Crippen MR) is 56.6 cm³/mol. The molecular weight excluding hydrogens is 230 g/mol. The van der Waals surface area contributed by atoms with Crippen LogP contribution in [0.1, 0.15) is 33.4 Å². The highest BCUT2D eigenvalue weighted by Gasteiger charge is 2.17. The van der Waals surface area contributed by atoms with Crippen molar-refractivity contribution in [2.45, 2.75) is 40.7 Å². The Hall–Kier alpha value is -0.380. The van der Waals surface area contributed by atoms with E-state index in [1.165, 1.54) is 0 Å². The van der Waals surface area contributed by atoms with E-state index in [-0.39, 0.29) is 5.41 Å². The molecule has 0 aliphatic rings. The Morgan fingerprint density at radius 1 is 1.38 bits per heavy atom. The molecular formula is C9H16BrN3. The molecule has 0 saturated carbocycles. The maximum Gasteiger partial charge on any atom is 0.127 e. The van der Waals surface area contributed by atoms with Crippen LogP contribution in [0.4, 0.5) is 0 Å². The summed E-state index contributed by atoms with van der Waals surface area (Å²) in [5.74, 6) is 0. The van der Waals surface area contributed by atoms with Crippen LogP contribution in [-0.4, -0.2) is 15.0 Å². The van der Waals surface area contributed by atoms with Crippen LogP contribution in [0, 0.1) is 5.41 Å². The zero-order valence-electron chi connectivity index (χ0n) is 8.63. The first-order chi connectivity index (χ1) is 5.94. The fraction of sp³-hybridized carbons (Fsp3) is 0.778. The molecule has 0 N–H and O–H groups in total. The third-order valence-corrected chi connectivity index (χ3v) is 2.60. The smallest absolute Gasteiger partial charge is 0.127 e. The lowest BCUT2D eigenvalue weighted by Gasteiger charge is -2.15. The normalized spacial score (nSPS) is 12.1. The minimum atomic E-state index is 0.261. The number of aromatic nitrogens is 3. The number of nitrogens with zero attached hydrogens (tertiary/aromatic N) is 3. The third kappa shape index (κ3) is 2.79. The van der Waals surface area contributed by atoms with Crippen molar-refractivity contribution in [3.8, 4) is 0 Å². The molecule has 0 unspecified atom stereocenters. The van der Waals surface area contributed by atoms with Gasteiger partial charge in [-0.3, -0.25) is 0 Å². The number of halogens is 1. The molecule has 0 bridgehead atoms. The second-order valence-electron chi connectivity index (χ2n) is 4.38. The van der Waals surface area contributed by atoms with Crippen molar-refractivity contribution >= 4 is 15.9 Å². The molecule has 0 fully saturated rings. The molecule has 0 aromatic carbocycles. The number of hydrogen-bond donors (Lipinski definition) is 0. The topological polar surface area (TPSA) is 30.7 Å². The van der Waals surface area contributed by atoms with E-state index in [1.54, 1.807) is 0 Å². The van der Waals surface area contributed by atoms with Crippen LogP contribution in [0.2, 0.25) is 0 Å². The molecule has 0 aliphatic heterocycles. The largest absolute Gasteiger partial charge is 0.238 e. The van der Waals surface area contributed by atoms with Crippen LogP contribution >= 0.6 is 15.9 Å². The van der Waals surface area contributed by atoms with Crippen molar-refractivity contribution in [1.82, 2.24) is 15.0 Å². The van der Waals surface area contributed by atoms with Crippen LogP contribution in [0.25, 0.3) is 0 Å². The lowest BCUT2D eigenvalue weighted by Crippen LogP contribution is -2.10. The van der Waals surface area contributed by atoms with Gasteiger partial charge in [-0.25, -0.2) is 4.68 Å². The van der Waals surface area contributed by atoms with Gasteiger partial charge in [0.2, 0.25) is 0 Å². The highest BCUT2D eigenvalue weighted by molar-refractivity contribution is 9.10. The fourth-order valence-electron chi connectivity index (χ4n) is 1.15. The molecule has 3 nitrogen and oxygen atoms in total. The Kier molecular flexibility index (Phi) is 3.11. The van der Waals surface area contributed by atoms with Crippen molar-refractivity contribution in [3.05, 3.63) is 10.3 Å². The van der Waals surface area contributed by atoms with Crippen molar-refractivity contribution in [2.24, 2.45) is 5.41 Å². The summed E-state index contributed by atoms with van der Waals surface area (Å²) in [4.78, 5) is 0. The highest BCUT2D eigenvalue weighted by Crippen LogP contribution is 2.24. The van der Waals surface area contributed by atoms with Crippen LogP contribution in [0.3, 0.4) is 0 Å². The summed E-state index contributed by atoms with van der Waals surface area (Å²) in [5.41, 5.74) is 1.31. The van der Waals surface area contributed by atoms with E-state index in [0.29, 0.717) is 0 Å². The first-order valence-electron chi connectivity index (χ1n) is 4.52. The number of hydrogen-bond acceptors (Lipinski definition) is 2. The molecule has 1 rings (SSSR count). The minimum Gasteiger partial charge on any atom is -0.238 e. The molecule has 1 heterocycles. The standard InChI is InChI=1S/C9H16BrN3/c1-5-13-8(10)7(11-12-13)6-9(2,3)4/h5-6H2,1-4H3. The van der Waals surface area contributed by atoms with Crippen molar-refractivity contribution < 1.29 is 0 Å². The predicted octanol–water partition coefficient (Wildman–Crippen LogP) is 2.65. The monoisotopic (exact) mass is 245 g/mol. The minimum absolute atomic E-state index is 0.261. The zero-order chi connectivity index (χ0) is 10.1. The highest BCUT2D eigenvalue weighted by atomic mass is 79.9. The average Bonchev–Trinajstić information content (AvgIpc) is 2.30. The quantitative estimate of drug-likeness (QED) is 0.803. The second kappa shape index (κ2) is 3.78. The SMILES string of the molecule is CCn1nnc(CC(C)(C)C)c1Br. The summed E-state index contributed by atoms with van der Waals surface area (Å²) in [6, 6.07) is 0. The van der Waals surface area contributed by atoms with Gasteiger partial charge in [0.1, 0.15) is 4.60 Å². The maximum absolute atomic E-state index is 4.14. The average molecular weight is 246 g/mol. The lowest BCUT2D eigenvalue weighted by molar-refractivity contribution is 0.405. The van der Waals surface area contributed by atoms with Gasteiger partial charge in [0.25, 0.3) is 0 Å². The molecule has 4 heteroatoms. The van der Waals surface area contributed by atoms with Crippen LogP contribution in [0.15, 0.2) is 4.60 Å². The summed E-state index contributed by atoms with van der Waals surface area (Å²) in [6.07, 6.45) is 0.952. The van der Waals surface area contributed by atoms with Crippen molar-refractivity contribution in [3.63, 3.8) is 0 Å². The van der Waals surface area contributed by atoms with Gasteiger partial charge >= 0.3 is 0 Å². The number of aryl methyl sites for hydroxylation is 1. The fourth-order valence-corrected chi connectivity index (χ4v) is 1.69. The zero-order valence-corrected chi connectivity index (χ0v) is 10.2. The summed E-state index contributed by atoms with van der Waals surface area (Å²) in [7, 11) is 0. The van der Waals surface area contributed by atoms with Gasteiger partial charge in [-0.2, -0.15) is 0 Å². The molecule has 0 saturated heterocycles. The van der Waals surface area contributed by atoms with Gasteiger partial charge in [0.05, 0.1) is 5.69 Å². The van der Waals surface area contributed by atoms with Crippen molar-refractivity contribution in [1.29, 1.82) is 0 Å². The van der Waals surface area contributed by atoms with E-state index >= 15 is 0 Å². The Morgan fingerprint density at radius 3 is 2.38 bits per heavy atom. The molecule has 1 aromatic heterocycles. The van der Waals surface area contributed by atoms with E-state index in [2.05, 4.69) is 53.9 Å². The molecule has 0 amide bonds. The van der Waals surface area contributed by atoms with Gasteiger partial charge < -0.3 is 0 Å². The number of rotatable bonds is 2. The maximum atomic E-state index is 4.14.